The fourth-order valence-electron chi connectivity index (χ4n) is 5.35. The van der Waals surface area contributed by atoms with E-state index in [9.17, 15) is 0 Å². The molecule has 0 N–H and O–H groups in total. The standard InChI is InChI=1S/C12H17BrO2/c1-7-9(2,3)11-6-10(7,11)12(8(11)13)14-4-5-15-12/h7-8H,4-6H2,1-3H3/t7-,8-,10+,11+/m1/s1. The molecule has 0 unspecified atom stereocenters. The van der Waals surface area contributed by atoms with Crippen LogP contribution in [0.5, 0.6) is 0 Å². The molecule has 15 heavy (non-hydrogen) atoms. The zero-order valence-electron chi connectivity index (χ0n) is 9.47. The maximum absolute atomic E-state index is 5.96. The molecular formula is C12H17BrO2. The molecule has 0 aromatic carbocycles. The van der Waals surface area contributed by atoms with E-state index >= 15 is 0 Å². The van der Waals surface area contributed by atoms with E-state index in [0.717, 1.165) is 19.1 Å². The quantitative estimate of drug-likeness (QED) is 0.631. The van der Waals surface area contributed by atoms with Crippen LogP contribution in [-0.4, -0.2) is 23.8 Å². The highest BCUT2D eigenvalue weighted by atomic mass is 79.9. The molecule has 84 valence electrons. The molecule has 0 aromatic heterocycles. The summed E-state index contributed by atoms with van der Waals surface area (Å²) in [5, 5.41) is 0. The Labute approximate surface area is 98.8 Å². The summed E-state index contributed by atoms with van der Waals surface area (Å²) < 4.78 is 11.9. The summed E-state index contributed by atoms with van der Waals surface area (Å²) in [5.41, 5.74) is 1.28. The molecule has 4 fully saturated rings. The van der Waals surface area contributed by atoms with Crippen molar-refractivity contribution in [2.24, 2.45) is 22.2 Å². The minimum atomic E-state index is -0.262. The fraction of sp³-hybridized carbons (Fsp3) is 1.00. The van der Waals surface area contributed by atoms with Crippen LogP contribution in [0.4, 0.5) is 0 Å². The summed E-state index contributed by atoms with van der Waals surface area (Å²) >= 11 is 3.85. The van der Waals surface area contributed by atoms with Crippen molar-refractivity contribution >= 4 is 15.9 Å². The Morgan fingerprint density at radius 1 is 1.13 bits per heavy atom. The van der Waals surface area contributed by atoms with Crippen LogP contribution in [0.3, 0.4) is 0 Å². The van der Waals surface area contributed by atoms with Crippen molar-refractivity contribution in [1.82, 2.24) is 0 Å². The molecular weight excluding hydrogens is 256 g/mol. The molecule has 2 nitrogen and oxygen atoms in total. The van der Waals surface area contributed by atoms with Crippen LogP contribution in [0.2, 0.25) is 0 Å². The zero-order chi connectivity index (χ0) is 10.7. The van der Waals surface area contributed by atoms with Crippen LogP contribution in [0.1, 0.15) is 27.2 Å². The largest absolute Gasteiger partial charge is 0.346 e. The Morgan fingerprint density at radius 2 is 1.73 bits per heavy atom. The van der Waals surface area contributed by atoms with Gasteiger partial charge in [0.25, 0.3) is 0 Å². The molecule has 0 radical (unpaired) electrons. The van der Waals surface area contributed by atoms with E-state index in [0.29, 0.717) is 21.1 Å². The van der Waals surface area contributed by atoms with E-state index in [4.69, 9.17) is 9.47 Å². The van der Waals surface area contributed by atoms with Gasteiger partial charge in [0.1, 0.15) is 0 Å². The monoisotopic (exact) mass is 272 g/mol. The van der Waals surface area contributed by atoms with Gasteiger partial charge in [0.05, 0.1) is 18.0 Å². The zero-order valence-corrected chi connectivity index (χ0v) is 11.1. The summed E-state index contributed by atoms with van der Waals surface area (Å²) in [6, 6.07) is 0. The normalized spacial score (nSPS) is 61.6. The molecule has 0 amide bonds. The number of hydrogen-bond acceptors (Lipinski definition) is 2. The van der Waals surface area contributed by atoms with Crippen LogP contribution in [0.25, 0.3) is 0 Å². The Kier molecular flexibility index (Phi) is 1.30. The summed E-state index contributed by atoms with van der Waals surface area (Å²) in [6.07, 6.45) is 1.30. The summed E-state index contributed by atoms with van der Waals surface area (Å²) in [5.74, 6) is 0.457. The van der Waals surface area contributed by atoms with Gasteiger partial charge in [-0.05, 0) is 17.8 Å². The Bertz CT molecular complexity index is 361. The SMILES string of the molecule is C[C@@H]1C(C)(C)[C@@]23C[C@]12C1(OCCO1)[C@@H]3Br. The first-order valence-corrected chi connectivity index (χ1v) is 6.81. The van der Waals surface area contributed by atoms with Crippen LogP contribution < -0.4 is 0 Å². The second-order valence-electron chi connectivity index (χ2n) is 6.29. The average Bonchev–Trinajstić information content (AvgIpc) is 2.52. The van der Waals surface area contributed by atoms with Gasteiger partial charge >= 0.3 is 0 Å². The highest BCUT2D eigenvalue weighted by Crippen LogP contribution is 3.01. The number of alkyl halides is 1. The van der Waals surface area contributed by atoms with E-state index in [1.54, 1.807) is 0 Å². The first-order valence-electron chi connectivity index (χ1n) is 5.89. The third-order valence-corrected chi connectivity index (χ3v) is 7.69. The fourth-order valence-corrected chi connectivity index (χ4v) is 7.18. The second-order valence-corrected chi connectivity index (χ2v) is 7.21. The Morgan fingerprint density at radius 3 is 2.27 bits per heavy atom. The summed E-state index contributed by atoms with van der Waals surface area (Å²) in [7, 11) is 0. The molecule has 1 saturated heterocycles. The van der Waals surface area contributed by atoms with E-state index in [1.165, 1.54) is 6.42 Å². The molecule has 3 aliphatic carbocycles. The van der Waals surface area contributed by atoms with Crippen molar-refractivity contribution in [3.8, 4) is 0 Å². The number of halogens is 1. The lowest BCUT2D eigenvalue weighted by molar-refractivity contribution is -0.359. The van der Waals surface area contributed by atoms with Crippen LogP contribution in [-0.2, 0) is 9.47 Å². The molecule has 0 bridgehead atoms. The van der Waals surface area contributed by atoms with Crippen molar-refractivity contribution in [2.75, 3.05) is 13.2 Å². The van der Waals surface area contributed by atoms with E-state index in [1.807, 2.05) is 0 Å². The number of rotatable bonds is 0. The molecule has 4 rings (SSSR count). The van der Waals surface area contributed by atoms with Crippen molar-refractivity contribution in [1.29, 1.82) is 0 Å². The molecule has 3 heteroatoms. The van der Waals surface area contributed by atoms with E-state index in [-0.39, 0.29) is 5.79 Å². The topological polar surface area (TPSA) is 18.5 Å². The Hall–Kier alpha value is 0.400. The third-order valence-electron chi connectivity index (χ3n) is 6.30. The van der Waals surface area contributed by atoms with Gasteiger partial charge in [0, 0.05) is 10.8 Å². The van der Waals surface area contributed by atoms with Crippen LogP contribution >= 0.6 is 15.9 Å². The van der Waals surface area contributed by atoms with E-state index < -0.39 is 0 Å². The van der Waals surface area contributed by atoms with Crippen molar-refractivity contribution in [3.63, 3.8) is 0 Å². The predicted octanol–water partition coefficient (Wildman–Crippen LogP) is 2.56. The van der Waals surface area contributed by atoms with Crippen molar-refractivity contribution in [3.05, 3.63) is 0 Å². The number of ether oxygens (including phenoxy) is 2. The molecule has 1 aliphatic heterocycles. The van der Waals surface area contributed by atoms with Gasteiger partial charge in [-0.3, -0.25) is 0 Å². The minimum absolute atomic E-state index is 0.262. The lowest BCUT2D eigenvalue weighted by Gasteiger charge is -2.72. The highest BCUT2D eigenvalue weighted by Gasteiger charge is 3.04. The lowest BCUT2D eigenvalue weighted by Crippen LogP contribution is -2.78. The van der Waals surface area contributed by atoms with Gasteiger partial charge in [0.2, 0.25) is 0 Å². The summed E-state index contributed by atoms with van der Waals surface area (Å²) in [6.45, 7) is 8.72. The molecule has 3 saturated carbocycles. The molecule has 1 heterocycles. The van der Waals surface area contributed by atoms with Gasteiger partial charge in [-0.1, -0.05) is 36.7 Å². The Balaban J connectivity index is 1.81. The first-order chi connectivity index (χ1) is 6.97. The van der Waals surface area contributed by atoms with Gasteiger partial charge in [-0.25, -0.2) is 0 Å². The molecule has 4 atom stereocenters. The summed E-state index contributed by atoms with van der Waals surface area (Å²) in [4.78, 5) is 0.409. The first kappa shape index (κ1) is 9.43. The van der Waals surface area contributed by atoms with Crippen LogP contribution in [0.15, 0.2) is 0 Å². The number of hydrogen-bond donors (Lipinski definition) is 0. The van der Waals surface area contributed by atoms with Gasteiger partial charge in [0.15, 0.2) is 5.79 Å². The smallest absolute Gasteiger partial charge is 0.188 e. The molecule has 1 spiro atoms. The van der Waals surface area contributed by atoms with Gasteiger partial charge < -0.3 is 9.47 Å². The molecule has 4 aliphatic rings. The average molecular weight is 273 g/mol. The van der Waals surface area contributed by atoms with Crippen LogP contribution in [0, 0.1) is 22.2 Å². The second kappa shape index (κ2) is 2.06. The molecule has 0 aromatic rings. The highest BCUT2D eigenvalue weighted by molar-refractivity contribution is 9.09. The van der Waals surface area contributed by atoms with Gasteiger partial charge in [-0.2, -0.15) is 0 Å². The minimum Gasteiger partial charge on any atom is -0.346 e. The predicted molar refractivity (Wildman–Crippen MR) is 59.8 cm³/mol. The van der Waals surface area contributed by atoms with E-state index in [2.05, 4.69) is 36.7 Å². The van der Waals surface area contributed by atoms with Gasteiger partial charge in [-0.15, -0.1) is 0 Å². The van der Waals surface area contributed by atoms with Crippen molar-refractivity contribution < 1.29 is 9.47 Å². The maximum Gasteiger partial charge on any atom is 0.188 e. The maximum atomic E-state index is 5.96. The van der Waals surface area contributed by atoms with Crippen molar-refractivity contribution in [2.45, 2.75) is 37.8 Å². The lowest BCUT2D eigenvalue weighted by atomic mass is 9.38. The third kappa shape index (κ3) is 0.534.